The number of hydrogen-bond acceptors (Lipinski definition) is 3. The fraction of sp³-hybridized carbons (Fsp3) is 0.938. The summed E-state index contributed by atoms with van der Waals surface area (Å²) in [5.41, 5.74) is 0. The molecule has 0 aromatic rings. The highest BCUT2D eigenvalue weighted by Gasteiger charge is 2.41. The summed E-state index contributed by atoms with van der Waals surface area (Å²) < 4.78 is 0. The molecule has 4 nitrogen and oxygen atoms in total. The molecule has 1 amide bonds. The van der Waals surface area contributed by atoms with Crippen LogP contribution in [0, 0.1) is 11.8 Å². The van der Waals surface area contributed by atoms with Gasteiger partial charge in [0.25, 0.3) is 0 Å². The first-order valence-electron chi connectivity index (χ1n) is 8.42. The topological polar surface area (TPSA) is 52.6 Å². The fourth-order valence-electron chi connectivity index (χ4n) is 4.32. The first-order chi connectivity index (χ1) is 9.72. The smallest absolute Gasteiger partial charge is 0.221 e. The van der Waals surface area contributed by atoms with E-state index in [0.29, 0.717) is 24.3 Å². The van der Waals surface area contributed by atoms with Crippen LogP contribution in [-0.2, 0) is 4.79 Å². The van der Waals surface area contributed by atoms with E-state index >= 15 is 0 Å². The highest BCUT2D eigenvalue weighted by atomic mass is 16.3. The summed E-state index contributed by atoms with van der Waals surface area (Å²) in [7, 11) is 0. The van der Waals surface area contributed by atoms with Gasteiger partial charge in [-0.05, 0) is 31.6 Å². The molecule has 3 fully saturated rings. The Morgan fingerprint density at radius 3 is 2.65 bits per heavy atom. The maximum absolute atomic E-state index is 12.0. The van der Waals surface area contributed by atoms with E-state index in [1.165, 1.54) is 19.3 Å². The first kappa shape index (κ1) is 14.3. The zero-order chi connectivity index (χ0) is 13.9. The molecule has 1 heterocycles. The van der Waals surface area contributed by atoms with Crippen molar-refractivity contribution in [2.45, 2.75) is 63.5 Å². The summed E-state index contributed by atoms with van der Waals surface area (Å²) in [6, 6.07) is 0.427. The van der Waals surface area contributed by atoms with Gasteiger partial charge in [0.2, 0.25) is 5.91 Å². The lowest BCUT2D eigenvalue weighted by Crippen LogP contribution is -2.38. The molecule has 2 saturated carbocycles. The number of likely N-dealkylation sites (tertiary alicyclic amines) is 1. The van der Waals surface area contributed by atoms with Gasteiger partial charge < -0.3 is 15.3 Å². The minimum Gasteiger partial charge on any atom is -0.393 e. The quantitative estimate of drug-likeness (QED) is 0.821. The van der Waals surface area contributed by atoms with Gasteiger partial charge in [-0.25, -0.2) is 0 Å². The van der Waals surface area contributed by atoms with E-state index < -0.39 is 0 Å². The Bertz CT molecular complexity index is 341. The van der Waals surface area contributed by atoms with Crippen molar-refractivity contribution in [3.05, 3.63) is 0 Å². The average Bonchev–Trinajstić information content (AvgIpc) is 3.00. The van der Waals surface area contributed by atoms with Gasteiger partial charge in [0.15, 0.2) is 0 Å². The molecule has 2 N–H and O–H groups in total. The lowest BCUT2D eigenvalue weighted by atomic mass is 9.95. The Kier molecular flexibility index (Phi) is 4.61. The molecule has 0 spiro atoms. The molecule has 3 rings (SSSR count). The zero-order valence-electron chi connectivity index (χ0n) is 12.4. The number of amides is 1. The maximum Gasteiger partial charge on any atom is 0.221 e. The van der Waals surface area contributed by atoms with Crippen LogP contribution in [0.15, 0.2) is 0 Å². The second-order valence-corrected chi connectivity index (χ2v) is 6.98. The summed E-state index contributed by atoms with van der Waals surface area (Å²) >= 11 is 0. The van der Waals surface area contributed by atoms with Crippen molar-refractivity contribution in [1.29, 1.82) is 0 Å². The predicted octanol–water partition coefficient (Wildman–Crippen LogP) is 1.53. The fourth-order valence-corrected chi connectivity index (χ4v) is 4.32. The molecule has 4 heteroatoms. The van der Waals surface area contributed by atoms with Gasteiger partial charge in [0.05, 0.1) is 6.10 Å². The van der Waals surface area contributed by atoms with Crippen LogP contribution in [0.2, 0.25) is 0 Å². The number of fused-ring (bicyclic) bond motifs is 1. The summed E-state index contributed by atoms with van der Waals surface area (Å²) in [6.07, 6.45) is 8.83. The summed E-state index contributed by atoms with van der Waals surface area (Å²) in [4.78, 5) is 14.4. The van der Waals surface area contributed by atoms with Crippen molar-refractivity contribution >= 4 is 5.91 Å². The first-order valence-corrected chi connectivity index (χ1v) is 8.42. The third-order valence-corrected chi connectivity index (χ3v) is 5.52. The van der Waals surface area contributed by atoms with Gasteiger partial charge in [0, 0.05) is 38.0 Å². The van der Waals surface area contributed by atoms with E-state index in [1.54, 1.807) is 0 Å². The van der Waals surface area contributed by atoms with Crippen molar-refractivity contribution in [1.82, 2.24) is 10.2 Å². The monoisotopic (exact) mass is 280 g/mol. The summed E-state index contributed by atoms with van der Waals surface area (Å²) in [5, 5.41) is 13.1. The normalized spacial score (nSPS) is 35.1. The summed E-state index contributed by atoms with van der Waals surface area (Å²) in [5.74, 6) is 1.36. The largest absolute Gasteiger partial charge is 0.393 e. The number of nitrogens with zero attached hydrogens (tertiary/aromatic N) is 1. The number of aliphatic hydroxyl groups excluding tert-OH is 1. The molecule has 20 heavy (non-hydrogen) atoms. The third-order valence-electron chi connectivity index (χ3n) is 5.52. The van der Waals surface area contributed by atoms with Crippen LogP contribution in [0.4, 0.5) is 0 Å². The van der Waals surface area contributed by atoms with Crippen LogP contribution in [0.5, 0.6) is 0 Å². The van der Waals surface area contributed by atoms with Crippen LogP contribution < -0.4 is 5.32 Å². The molecule has 114 valence electrons. The van der Waals surface area contributed by atoms with E-state index in [1.807, 2.05) is 0 Å². The van der Waals surface area contributed by atoms with Crippen LogP contribution in [-0.4, -0.2) is 47.7 Å². The third kappa shape index (κ3) is 3.34. The van der Waals surface area contributed by atoms with Crippen molar-refractivity contribution in [3.63, 3.8) is 0 Å². The van der Waals surface area contributed by atoms with Gasteiger partial charge in [-0.2, -0.15) is 0 Å². The molecule has 1 aliphatic heterocycles. The van der Waals surface area contributed by atoms with Crippen molar-refractivity contribution < 1.29 is 9.90 Å². The molecule has 3 atom stereocenters. The van der Waals surface area contributed by atoms with E-state index in [2.05, 4.69) is 10.2 Å². The van der Waals surface area contributed by atoms with Crippen LogP contribution >= 0.6 is 0 Å². The lowest BCUT2D eigenvalue weighted by Gasteiger charge is -2.23. The van der Waals surface area contributed by atoms with Crippen LogP contribution in [0.3, 0.4) is 0 Å². The average molecular weight is 280 g/mol. The van der Waals surface area contributed by atoms with E-state index in [-0.39, 0.29) is 12.0 Å². The van der Waals surface area contributed by atoms with Crippen LogP contribution in [0.1, 0.15) is 51.4 Å². The van der Waals surface area contributed by atoms with E-state index in [0.717, 1.165) is 45.3 Å². The second-order valence-electron chi connectivity index (χ2n) is 6.98. The van der Waals surface area contributed by atoms with Gasteiger partial charge in [-0.3, -0.25) is 4.79 Å². The molecule has 1 saturated heterocycles. The van der Waals surface area contributed by atoms with Crippen molar-refractivity contribution in [2.75, 3.05) is 19.6 Å². The van der Waals surface area contributed by atoms with Gasteiger partial charge in [0.1, 0.15) is 0 Å². The number of carbonyl (C=O) groups excluding carboxylic acids is 1. The Morgan fingerprint density at radius 2 is 1.90 bits per heavy atom. The molecule has 3 aliphatic rings. The minimum atomic E-state index is -0.0962. The molecule has 0 aromatic carbocycles. The molecule has 3 unspecified atom stereocenters. The van der Waals surface area contributed by atoms with E-state index in [9.17, 15) is 9.90 Å². The lowest BCUT2D eigenvalue weighted by molar-refractivity contribution is -0.122. The second kappa shape index (κ2) is 6.44. The molecular formula is C16H28N2O2. The SMILES string of the molecule is O=C(CCN1CC2CCC(O)C2C1)NC1CCCCC1. The van der Waals surface area contributed by atoms with Gasteiger partial charge in [-0.1, -0.05) is 19.3 Å². The standard InChI is InChI=1S/C16H28N2O2/c19-15-7-6-12-10-18(11-14(12)15)9-8-16(20)17-13-4-2-1-3-5-13/h12-15,19H,1-11H2,(H,17,20). The highest BCUT2D eigenvalue weighted by molar-refractivity contribution is 5.76. The van der Waals surface area contributed by atoms with Crippen molar-refractivity contribution in [2.24, 2.45) is 11.8 Å². The number of rotatable bonds is 4. The molecule has 0 aromatic heterocycles. The molecule has 0 bridgehead atoms. The number of nitrogens with one attached hydrogen (secondary N) is 1. The van der Waals surface area contributed by atoms with E-state index in [4.69, 9.17) is 0 Å². The van der Waals surface area contributed by atoms with Crippen LogP contribution in [0.25, 0.3) is 0 Å². The molecule has 0 radical (unpaired) electrons. The Labute approximate surface area is 121 Å². The number of hydrogen-bond donors (Lipinski definition) is 2. The Balaban J connectivity index is 1.36. The van der Waals surface area contributed by atoms with Crippen molar-refractivity contribution in [3.8, 4) is 0 Å². The van der Waals surface area contributed by atoms with Gasteiger partial charge in [-0.15, -0.1) is 0 Å². The Morgan fingerprint density at radius 1 is 1.10 bits per heavy atom. The number of carbonyl (C=O) groups is 1. The van der Waals surface area contributed by atoms with Gasteiger partial charge >= 0.3 is 0 Å². The summed E-state index contributed by atoms with van der Waals surface area (Å²) in [6.45, 7) is 2.93. The highest BCUT2D eigenvalue weighted by Crippen LogP contribution is 2.37. The minimum absolute atomic E-state index is 0.0962. The maximum atomic E-state index is 12.0. The predicted molar refractivity (Wildman–Crippen MR) is 78.3 cm³/mol. The zero-order valence-corrected chi connectivity index (χ0v) is 12.4. The number of aliphatic hydroxyl groups is 1. The molecular weight excluding hydrogens is 252 g/mol. The molecule has 2 aliphatic carbocycles. The Hall–Kier alpha value is -0.610.